The molecule has 0 radical (unpaired) electrons. The highest BCUT2D eigenvalue weighted by molar-refractivity contribution is 6.30. The van der Waals surface area contributed by atoms with E-state index in [1.54, 1.807) is 0 Å². The molecule has 1 fully saturated rings. The number of nitrogens with one attached hydrogen (secondary N) is 4. The number of rotatable bonds is 5. The zero-order valence-electron chi connectivity index (χ0n) is 29.8. The van der Waals surface area contributed by atoms with Crippen molar-refractivity contribution in [2.75, 3.05) is 12.4 Å². The number of aromatic amines is 2. The number of hydrogen-bond acceptors (Lipinski definition) is 7. The Labute approximate surface area is 313 Å². The van der Waals surface area contributed by atoms with Crippen molar-refractivity contribution in [3.63, 3.8) is 0 Å². The molecule has 9 rings (SSSR count). The number of fused-ring (bicyclic) bond motifs is 7. The maximum absolute atomic E-state index is 7.20. The summed E-state index contributed by atoms with van der Waals surface area (Å²) < 4.78 is 0. The van der Waals surface area contributed by atoms with Crippen LogP contribution in [-0.4, -0.2) is 40.1 Å². The Bertz CT molecular complexity index is 2640. The van der Waals surface area contributed by atoms with Crippen LogP contribution in [0.2, 0.25) is 0 Å². The summed E-state index contributed by atoms with van der Waals surface area (Å²) >= 11 is 0. The summed E-state index contributed by atoms with van der Waals surface area (Å²) in [6, 6.07) is 46.3. The van der Waals surface area contributed by atoms with Crippen molar-refractivity contribution in [3.05, 3.63) is 207 Å². The number of H-pyrrole nitrogens is 2. The normalized spacial score (nSPS) is 23.2. The van der Waals surface area contributed by atoms with E-state index in [0.717, 1.165) is 83.7 Å². The number of hydrogen-bond donors (Lipinski definition) is 8. The van der Waals surface area contributed by atoms with Gasteiger partial charge >= 0.3 is 0 Å². The molecule has 6 aromatic rings. The first-order valence-corrected chi connectivity index (χ1v) is 18.0. The lowest BCUT2D eigenvalue weighted by Crippen LogP contribution is -2.77. The largest absolute Gasteiger partial charge is 0.388 e. The molecule has 1 atom stereocenters. The van der Waals surface area contributed by atoms with E-state index in [1.165, 1.54) is 0 Å². The Kier molecular flexibility index (Phi) is 7.95. The minimum atomic E-state index is -1.70. The highest BCUT2D eigenvalue weighted by Gasteiger charge is 2.58. The Balaban J connectivity index is 1.43. The monoisotopic (exact) mass is 707 g/mol. The molecule has 8 bridgehead atoms. The summed E-state index contributed by atoms with van der Waals surface area (Å²) in [5.41, 5.74) is 37.6. The van der Waals surface area contributed by atoms with Gasteiger partial charge in [-0.25, -0.2) is 4.99 Å². The quantitative estimate of drug-likeness (QED) is 0.125. The van der Waals surface area contributed by atoms with Gasteiger partial charge in [0.2, 0.25) is 0 Å². The molecule has 3 aliphatic heterocycles. The van der Waals surface area contributed by atoms with Crippen LogP contribution in [0.25, 0.3) is 22.3 Å². The third kappa shape index (κ3) is 5.38. The first-order valence-electron chi connectivity index (χ1n) is 18.0. The maximum Gasteiger partial charge on any atom is 0.140 e. The number of aromatic nitrogens is 2. The van der Waals surface area contributed by atoms with Crippen LogP contribution >= 0.6 is 0 Å². The molecule has 266 valence electrons. The molecule has 9 nitrogen and oxygen atoms in total. The van der Waals surface area contributed by atoms with E-state index in [9.17, 15) is 0 Å². The van der Waals surface area contributed by atoms with Gasteiger partial charge < -0.3 is 43.5 Å². The number of anilines is 1. The molecule has 9 heteroatoms. The van der Waals surface area contributed by atoms with E-state index in [4.69, 9.17) is 27.9 Å². The van der Waals surface area contributed by atoms with Crippen molar-refractivity contribution in [2.45, 2.75) is 17.4 Å². The van der Waals surface area contributed by atoms with Crippen LogP contribution in [0.3, 0.4) is 0 Å². The number of allylic oxidation sites excluding steroid dienone is 2. The molecule has 2 aromatic heterocycles. The van der Waals surface area contributed by atoms with Crippen molar-refractivity contribution in [2.24, 2.45) is 27.9 Å². The fraction of sp³-hybridized carbons (Fsp3) is 0.0889. The first-order chi connectivity index (χ1) is 26.2. The Hall–Kier alpha value is -6.49. The SMILES string of the molecule is CNc1ccc(/C2=c3\cc/c([nH]3)=C(\c3ccccc3)C3N/C(=C(/c4ccccc4)c4ccc([nH]4)/C(c4ccccc4)=C4/C=CC2=N4)C(N)(N)C3(N)N)cc1. The van der Waals surface area contributed by atoms with Gasteiger partial charge in [-0.3, -0.25) is 0 Å². The van der Waals surface area contributed by atoms with Gasteiger partial charge in [-0.05, 0) is 70.8 Å². The summed E-state index contributed by atoms with van der Waals surface area (Å²) in [6.07, 6.45) is 4.18. The number of nitrogens with two attached hydrogens (primary N) is 4. The standard InChI is InChI=1S/C45H41N9/c1-50-31-19-17-30(18-20-31)39-34-22-21-32(51-34)38(27-11-5-2-6-12-27)33-23-25-36(52-33)40(28-13-7-3-8-14-28)42-44(46,47)45(48,49)43(54-42)41(29-15-9-4-10-16-29)37-26-24-35(39)53-37/h2-26,43,50,52-54H,46-49H2,1H3/b38-32-,39-35-,41-37-,42-40-. The van der Waals surface area contributed by atoms with Crippen LogP contribution in [0.5, 0.6) is 0 Å². The molecule has 0 spiro atoms. The van der Waals surface area contributed by atoms with Crippen LogP contribution in [0.1, 0.15) is 33.6 Å². The van der Waals surface area contributed by atoms with Crippen molar-refractivity contribution in [3.8, 4) is 0 Å². The zero-order valence-corrected chi connectivity index (χ0v) is 29.8. The molecule has 12 N–H and O–H groups in total. The molecule has 0 aliphatic carbocycles. The number of aliphatic imine (C=N–C) groups is 1. The second kappa shape index (κ2) is 12.9. The van der Waals surface area contributed by atoms with Gasteiger partial charge in [0.1, 0.15) is 11.3 Å². The highest BCUT2D eigenvalue weighted by Crippen LogP contribution is 2.40. The summed E-state index contributed by atoms with van der Waals surface area (Å²) in [6.45, 7) is 0. The molecule has 5 heterocycles. The average molecular weight is 708 g/mol. The molecule has 0 saturated carbocycles. The highest BCUT2D eigenvalue weighted by atomic mass is 15.3. The second-order valence-corrected chi connectivity index (χ2v) is 14.0. The molecular formula is C45H41N9. The molecule has 3 aliphatic rings. The maximum atomic E-state index is 7.20. The molecule has 4 aromatic carbocycles. The lowest BCUT2D eigenvalue weighted by Gasteiger charge is -2.37. The van der Waals surface area contributed by atoms with Crippen molar-refractivity contribution in [1.82, 2.24) is 15.3 Å². The Morgan fingerprint density at radius 2 is 1.11 bits per heavy atom. The van der Waals surface area contributed by atoms with Crippen LogP contribution in [0.15, 0.2) is 168 Å². The van der Waals surface area contributed by atoms with Gasteiger partial charge in [-0.1, -0.05) is 103 Å². The smallest absolute Gasteiger partial charge is 0.140 e. The third-order valence-corrected chi connectivity index (χ3v) is 10.7. The summed E-state index contributed by atoms with van der Waals surface area (Å²) in [5.74, 6) is 0. The lowest BCUT2D eigenvalue weighted by atomic mass is 9.83. The van der Waals surface area contributed by atoms with E-state index >= 15 is 0 Å². The van der Waals surface area contributed by atoms with Crippen molar-refractivity contribution in [1.29, 1.82) is 0 Å². The van der Waals surface area contributed by atoms with E-state index in [1.807, 2.05) is 85.9 Å². The molecule has 1 unspecified atom stereocenters. The van der Waals surface area contributed by atoms with Gasteiger partial charge in [0.05, 0.1) is 23.1 Å². The number of nitrogens with zero attached hydrogens (tertiary/aromatic N) is 1. The van der Waals surface area contributed by atoms with Gasteiger partial charge in [-0.2, -0.15) is 0 Å². The second-order valence-electron chi connectivity index (χ2n) is 14.0. The van der Waals surface area contributed by atoms with Crippen molar-refractivity contribution >= 4 is 33.7 Å². The van der Waals surface area contributed by atoms with Crippen molar-refractivity contribution < 1.29 is 0 Å². The topological polar surface area (TPSA) is 172 Å². The summed E-state index contributed by atoms with van der Waals surface area (Å²) in [4.78, 5) is 12.9. The van der Waals surface area contributed by atoms with Crippen LogP contribution in [-0.2, 0) is 0 Å². The molecule has 1 saturated heterocycles. The molecule has 54 heavy (non-hydrogen) atoms. The van der Waals surface area contributed by atoms with Gasteiger partial charge in [-0.15, -0.1) is 0 Å². The van der Waals surface area contributed by atoms with Gasteiger partial charge in [0.15, 0.2) is 0 Å². The zero-order chi connectivity index (χ0) is 37.0. The van der Waals surface area contributed by atoms with Gasteiger partial charge in [0, 0.05) is 57.1 Å². The predicted molar refractivity (Wildman–Crippen MR) is 219 cm³/mol. The third-order valence-electron chi connectivity index (χ3n) is 10.7. The van der Waals surface area contributed by atoms with Crippen LogP contribution < -0.4 is 44.3 Å². The Morgan fingerprint density at radius 1 is 0.556 bits per heavy atom. The van der Waals surface area contributed by atoms with E-state index in [0.29, 0.717) is 5.70 Å². The summed E-state index contributed by atoms with van der Waals surface area (Å²) in [5, 5.41) is 8.64. The van der Waals surface area contributed by atoms with E-state index in [-0.39, 0.29) is 0 Å². The fourth-order valence-corrected chi connectivity index (χ4v) is 7.88. The van der Waals surface area contributed by atoms with Crippen LogP contribution in [0, 0.1) is 0 Å². The minimum Gasteiger partial charge on any atom is -0.388 e. The van der Waals surface area contributed by atoms with E-state index < -0.39 is 17.4 Å². The molecular weight excluding hydrogens is 667 g/mol. The van der Waals surface area contributed by atoms with E-state index in [2.05, 4.69) is 93.4 Å². The number of benzene rings is 4. The fourth-order valence-electron chi connectivity index (χ4n) is 7.88. The predicted octanol–water partition coefficient (Wildman–Crippen LogP) is 4.23. The van der Waals surface area contributed by atoms with Crippen LogP contribution in [0.4, 0.5) is 5.69 Å². The van der Waals surface area contributed by atoms with Gasteiger partial charge in [0.25, 0.3) is 0 Å². The Morgan fingerprint density at radius 3 is 1.74 bits per heavy atom. The average Bonchev–Trinajstić information content (AvgIpc) is 4.01. The summed E-state index contributed by atoms with van der Waals surface area (Å²) in [7, 11) is 1.91. The molecule has 0 amide bonds. The minimum absolute atomic E-state index is 0.524. The first kappa shape index (κ1) is 33.4. The lowest BCUT2D eigenvalue weighted by molar-refractivity contribution is 0.299.